The fourth-order valence-electron chi connectivity index (χ4n) is 7.15. The molecule has 3 aromatic heterocycles. The summed E-state index contributed by atoms with van der Waals surface area (Å²) >= 11 is 0. The summed E-state index contributed by atoms with van der Waals surface area (Å²) in [5.74, 6) is 1.60. The van der Waals surface area contributed by atoms with E-state index in [4.69, 9.17) is 19.4 Å². The largest absolute Gasteiger partial charge is 0.456 e. The van der Waals surface area contributed by atoms with E-state index >= 15 is 0 Å². The maximum absolute atomic E-state index is 6.54. The SMILES string of the molecule is c1ccc(-c2cc(-c3cccc4oc5cc(-c6ccc(-c7nc8ccccc8n7-c7ccccc7)cc6)ccc5c34)nc(-c3ccccc3)n2)cc1. The third kappa shape index (κ3) is 5.15. The molecule has 0 aliphatic rings. The van der Waals surface area contributed by atoms with Gasteiger partial charge in [-0.15, -0.1) is 0 Å². The molecule has 0 saturated carbocycles. The highest BCUT2D eigenvalue weighted by Gasteiger charge is 2.18. The predicted molar refractivity (Wildman–Crippen MR) is 211 cm³/mol. The normalized spacial score (nSPS) is 11.5. The molecule has 0 bridgehead atoms. The Balaban J connectivity index is 1.05. The van der Waals surface area contributed by atoms with Crippen LogP contribution in [0.25, 0.3) is 95.1 Å². The van der Waals surface area contributed by atoms with Crippen LogP contribution in [0, 0.1) is 0 Å². The van der Waals surface area contributed by atoms with Crippen LogP contribution in [-0.4, -0.2) is 19.5 Å². The number of para-hydroxylation sites is 3. The minimum absolute atomic E-state index is 0.687. The molecule has 7 aromatic carbocycles. The Morgan fingerprint density at radius 1 is 0.423 bits per heavy atom. The molecule has 0 aliphatic heterocycles. The first-order chi connectivity index (χ1) is 25.8. The second-order valence-corrected chi connectivity index (χ2v) is 12.9. The molecule has 5 nitrogen and oxygen atoms in total. The van der Waals surface area contributed by atoms with E-state index in [0.717, 1.165) is 89.3 Å². The van der Waals surface area contributed by atoms with Crippen molar-refractivity contribution in [3.8, 4) is 62.1 Å². The summed E-state index contributed by atoms with van der Waals surface area (Å²) in [4.78, 5) is 15.1. The lowest BCUT2D eigenvalue weighted by Gasteiger charge is -2.10. The van der Waals surface area contributed by atoms with Crippen molar-refractivity contribution in [2.45, 2.75) is 0 Å². The molecule has 0 radical (unpaired) electrons. The number of hydrogen-bond acceptors (Lipinski definition) is 4. The first-order valence-corrected chi connectivity index (χ1v) is 17.4. The molecular formula is C47H30N4O. The lowest BCUT2D eigenvalue weighted by molar-refractivity contribution is 0.669. The van der Waals surface area contributed by atoms with E-state index in [-0.39, 0.29) is 0 Å². The van der Waals surface area contributed by atoms with Gasteiger partial charge in [-0.25, -0.2) is 15.0 Å². The molecule has 0 spiro atoms. The Morgan fingerprint density at radius 3 is 1.87 bits per heavy atom. The van der Waals surface area contributed by atoms with Gasteiger partial charge in [0.25, 0.3) is 0 Å². The second-order valence-electron chi connectivity index (χ2n) is 12.9. The summed E-state index contributed by atoms with van der Waals surface area (Å²) in [6.45, 7) is 0. The van der Waals surface area contributed by atoms with Gasteiger partial charge in [0.1, 0.15) is 17.0 Å². The van der Waals surface area contributed by atoms with Gasteiger partial charge in [-0.2, -0.15) is 0 Å². The number of aromatic nitrogens is 4. The lowest BCUT2D eigenvalue weighted by atomic mass is 9.99. The number of imidazole rings is 1. The number of hydrogen-bond donors (Lipinski definition) is 0. The number of nitrogens with zero attached hydrogens (tertiary/aromatic N) is 4. The van der Waals surface area contributed by atoms with E-state index in [1.165, 1.54) is 0 Å². The van der Waals surface area contributed by atoms with Crippen molar-refractivity contribution in [2.75, 3.05) is 0 Å². The molecule has 0 saturated heterocycles. The van der Waals surface area contributed by atoms with Gasteiger partial charge < -0.3 is 4.42 Å². The Bertz CT molecular complexity index is 2820. The summed E-state index contributed by atoms with van der Waals surface area (Å²) in [5, 5.41) is 2.08. The number of furan rings is 1. The summed E-state index contributed by atoms with van der Waals surface area (Å²) in [6, 6.07) is 62.5. The zero-order valence-corrected chi connectivity index (χ0v) is 28.0. The summed E-state index contributed by atoms with van der Waals surface area (Å²) in [7, 11) is 0. The topological polar surface area (TPSA) is 56.7 Å². The Morgan fingerprint density at radius 2 is 1.08 bits per heavy atom. The first kappa shape index (κ1) is 29.8. The minimum atomic E-state index is 0.687. The number of benzene rings is 7. The predicted octanol–water partition coefficient (Wildman–Crippen LogP) is 12.0. The molecule has 10 aromatic rings. The average Bonchev–Trinajstić information content (AvgIpc) is 3.80. The molecule has 0 amide bonds. The minimum Gasteiger partial charge on any atom is -0.456 e. The highest BCUT2D eigenvalue weighted by molar-refractivity contribution is 6.13. The highest BCUT2D eigenvalue weighted by atomic mass is 16.3. The monoisotopic (exact) mass is 666 g/mol. The van der Waals surface area contributed by atoms with Crippen LogP contribution >= 0.6 is 0 Å². The maximum atomic E-state index is 6.54. The molecule has 5 heteroatoms. The van der Waals surface area contributed by atoms with Crippen LogP contribution in [0.3, 0.4) is 0 Å². The molecular weight excluding hydrogens is 637 g/mol. The average molecular weight is 667 g/mol. The van der Waals surface area contributed by atoms with E-state index in [1.54, 1.807) is 0 Å². The highest BCUT2D eigenvalue weighted by Crippen LogP contribution is 2.39. The third-order valence-electron chi connectivity index (χ3n) is 9.65. The van der Waals surface area contributed by atoms with Crippen molar-refractivity contribution < 1.29 is 4.42 Å². The molecule has 0 aliphatic carbocycles. The van der Waals surface area contributed by atoms with Crippen LogP contribution in [-0.2, 0) is 0 Å². The van der Waals surface area contributed by atoms with Gasteiger partial charge in [-0.05, 0) is 59.7 Å². The van der Waals surface area contributed by atoms with Crippen LogP contribution in [0.2, 0.25) is 0 Å². The van der Waals surface area contributed by atoms with Crippen molar-refractivity contribution in [1.82, 2.24) is 19.5 Å². The molecule has 3 heterocycles. The van der Waals surface area contributed by atoms with E-state index in [2.05, 4.69) is 126 Å². The van der Waals surface area contributed by atoms with Gasteiger partial charge in [-0.3, -0.25) is 4.57 Å². The van der Waals surface area contributed by atoms with E-state index < -0.39 is 0 Å². The smallest absolute Gasteiger partial charge is 0.160 e. The van der Waals surface area contributed by atoms with Gasteiger partial charge in [0, 0.05) is 38.7 Å². The lowest BCUT2D eigenvalue weighted by Crippen LogP contribution is -1.97. The first-order valence-electron chi connectivity index (χ1n) is 17.4. The molecule has 52 heavy (non-hydrogen) atoms. The Labute approximate surface area is 300 Å². The number of fused-ring (bicyclic) bond motifs is 4. The Hall–Kier alpha value is -7.11. The van der Waals surface area contributed by atoms with Crippen LogP contribution in [0.15, 0.2) is 186 Å². The summed E-state index contributed by atoms with van der Waals surface area (Å²) < 4.78 is 8.77. The molecule has 10 rings (SSSR count). The van der Waals surface area contributed by atoms with E-state index in [0.29, 0.717) is 5.82 Å². The summed E-state index contributed by atoms with van der Waals surface area (Å²) in [6.07, 6.45) is 0. The molecule has 0 N–H and O–H groups in total. The van der Waals surface area contributed by atoms with E-state index in [9.17, 15) is 0 Å². The Kier molecular flexibility index (Phi) is 7.07. The van der Waals surface area contributed by atoms with Crippen molar-refractivity contribution in [3.63, 3.8) is 0 Å². The molecule has 0 unspecified atom stereocenters. The third-order valence-corrected chi connectivity index (χ3v) is 9.65. The van der Waals surface area contributed by atoms with Crippen LogP contribution in [0.5, 0.6) is 0 Å². The maximum Gasteiger partial charge on any atom is 0.160 e. The van der Waals surface area contributed by atoms with Crippen LogP contribution in [0.1, 0.15) is 0 Å². The van der Waals surface area contributed by atoms with Gasteiger partial charge in [0.05, 0.1) is 22.4 Å². The van der Waals surface area contributed by atoms with Crippen LogP contribution in [0.4, 0.5) is 0 Å². The zero-order valence-electron chi connectivity index (χ0n) is 28.0. The van der Waals surface area contributed by atoms with Gasteiger partial charge in [0.15, 0.2) is 5.82 Å². The fourth-order valence-corrected chi connectivity index (χ4v) is 7.15. The molecule has 0 fully saturated rings. The fraction of sp³-hybridized carbons (Fsp3) is 0. The van der Waals surface area contributed by atoms with Crippen molar-refractivity contribution in [2.24, 2.45) is 0 Å². The van der Waals surface area contributed by atoms with Gasteiger partial charge in [0.2, 0.25) is 0 Å². The van der Waals surface area contributed by atoms with Gasteiger partial charge >= 0.3 is 0 Å². The van der Waals surface area contributed by atoms with Crippen molar-refractivity contribution in [3.05, 3.63) is 182 Å². The van der Waals surface area contributed by atoms with Crippen molar-refractivity contribution in [1.29, 1.82) is 0 Å². The standard InChI is InChI=1S/C47H30N4O/c1-4-13-32(14-5-1)40-30-41(49-46(48-40)33-15-6-2-7-16-33)37-19-12-22-43-45(37)38-28-27-35(29-44(38)52-43)31-23-25-34(26-24-31)47-50-39-20-10-11-21-42(39)51(47)36-17-8-3-9-18-36/h1-30H. The van der Waals surface area contributed by atoms with Gasteiger partial charge in [-0.1, -0.05) is 133 Å². The summed E-state index contributed by atoms with van der Waals surface area (Å²) in [5.41, 5.74) is 12.8. The number of rotatable bonds is 6. The van der Waals surface area contributed by atoms with E-state index in [1.807, 2.05) is 60.7 Å². The quantitative estimate of drug-likeness (QED) is 0.177. The second kappa shape index (κ2) is 12.3. The van der Waals surface area contributed by atoms with Crippen LogP contribution < -0.4 is 0 Å². The van der Waals surface area contributed by atoms with Crippen molar-refractivity contribution >= 4 is 33.0 Å². The molecule has 244 valence electrons. The molecule has 0 atom stereocenters. The zero-order chi connectivity index (χ0) is 34.4.